The molecule has 0 bridgehead atoms. The first-order valence-electron chi connectivity index (χ1n) is 6.58. The molecular weight excluding hydrogens is 282 g/mol. The second-order valence-electron chi connectivity index (χ2n) is 5.51. The molecule has 0 amide bonds. The van der Waals surface area contributed by atoms with E-state index in [2.05, 4.69) is 6.92 Å². The number of sulfonamides is 1. The first-order chi connectivity index (χ1) is 8.94. The van der Waals surface area contributed by atoms with Crippen LogP contribution in [0.5, 0.6) is 0 Å². The minimum atomic E-state index is -3.29. The van der Waals surface area contributed by atoms with E-state index in [1.54, 1.807) is 4.31 Å². The molecule has 2 unspecified atom stereocenters. The molecule has 0 N–H and O–H groups in total. The molecule has 1 aliphatic rings. The average Bonchev–Trinajstić information content (AvgIpc) is 2.37. The van der Waals surface area contributed by atoms with E-state index in [0.717, 1.165) is 17.7 Å². The van der Waals surface area contributed by atoms with E-state index < -0.39 is 10.0 Å². The number of alkyl halides is 1. The van der Waals surface area contributed by atoms with Crippen molar-refractivity contribution in [2.45, 2.75) is 20.3 Å². The second kappa shape index (κ2) is 5.71. The predicted molar refractivity (Wildman–Crippen MR) is 80.3 cm³/mol. The number of para-hydroxylation sites is 1. The van der Waals surface area contributed by atoms with Gasteiger partial charge in [-0.2, -0.15) is 0 Å². The predicted octanol–water partition coefficient (Wildman–Crippen LogP) is 2.89. The normalized spacial score (nSPS) is 21.0. The zero-order chi connectivity index (χ0) is 14.0. The van der Waals surface area contributed by atoms with Gasteiger partial charge in [-0.25, -0.2) is 8.42 Å². The van der Waals surface area contributed by atoms with Crippen molar-refractivity contribution in [3.8, 4) is 0 Å². The Morgan fingerprint density at radius 3 is 2.79 bits per heavy atom. The van der Waals surface area contributed by atoms with Crippen molar-refractivity contribution in [1.29, 1.82) is 0 Å². The monoisotopic (exact) mass is 301 g/mol. The summed E-state index contributed by atoms with van der Waals surface area (Å²) in [5, 5.41) is 0. The summed E-state index contributed by atoms with van der Waals surface area (Å²) in [5.74, 6) is 0.786. The lowest BCUT2D eigenvalue weighted by Gasteiger charge is -2.34. The minimum Gasteiger partial charge on any atom is -0.270 e. The maximum absolute atomic E-state index is 12.5. The van der Waals surface area contributed by atoms with Crippen molar-refractivity contribution < 1.29 is 8.42 Å². The molecule has 0 saturated carbocycles. The third kappa shape index (κ3) is 3.23. The Hall–Kier alpha value is -0.740. The molecule has 0 fully saturated rings. The Labute approximate surface area is 120 Å². The van der Waals surface area contributed by atoms with Gasteiger partial charge in [0, 0.05) is 12.4 Å². The fourth-order valence-electron chi connectivity index (χ4n) is 2.51. The molecule has 106 valence electrons. The van der Waals surface area contributed by atoms with Crippen LogP contribution in [0.25, 0.3) is 0 Å². The number of nitrogens with zero attached hydrogens (tertiary/aromatic N) is 1. The molecule has 2 atom stereocenters. The van der Waals surface area contributed by atoms with Gasteiger partial charge in [0.2, 0.25) is 10.0 Å². The summed E-state index contributed by atoms with van der Waals surface area (Å²) in [7, 11) is -3.29. The summed E-state index contributed by atoms with van der Waals surface area (Å²) in [6, 6.07) is 7.76. The first kappa shape index (κ1) is 14.7. The summed E-state index contributed by atoms with van der Waals surface area (Å²) in [4.78, 5) is 0. The molecule has 1 aromatic carbocycles. The molecule has 1 aliphatic heterocycles. The zero-order valence-electron chi connectivity index (χ0n) is 11.3. The molecule has 19 heavy (non-hydrogen) atoms. The second-order valence-corrected chi connectivity index (χ2v) is 7.75. The Morgan fingerprint density at radius 1 is 1.42 bits per heavy atom. The largest absolute Gasteiger partial charge is 0.270 e. The molecule has 1 aromatic rings. The van der Waals surface area contributed by atoms with Crippen LogP contribution in [0.2, 0.25) is 0 Å². The van der Waals surface area contributed by atoms with E-state index in [1.165, 1.54) is 0 Å². The number of fused-ring (bicyclic) bond motifs is 1. The van der Waals surface area contributed by atoms with Crippen LogP contribution in [0.3, 0.4) is 0 Å². The molecule has 1 heterocycles. The van der Waals surface area contributed by atoms with Gasteiger partial charge in [0.15, 0.2) is 0 Å². The van der Waals surface area contributed by atoms with Crippen molar-refractivity contribution in [1.82, 2.24) is 0 Å². The van der Waals surface area contributed by atoms with Crippen LogP contribution >= 0.6 is 11.6 Å². The molecule has 0 aromatic heterocycles. The number of hydrogen-bond donors (Lipinski definition) is 0. The van der Waals surface area contributed by atoms with E-state index in [-0.39, 0.29) is 11.7 Å². The SMILES string of the molecule is CC1Cc2ccccc2N(S(=O)(=O)CC(C)CCl)C1. The highest BCUT2D eigenvalue weighted by Crippen LogP contribution is 2.32. The van der Waals surface area contributed by atoms with E-state index >= 15 is 0 Å². The number of halogens is 1. The fourth-order valence-corrected chi connectivity index (χ4v) is 4.72. The molecule has 5 heteroatoms. The average molecular weight is 302 g/mol. The summed E-state index contributed by atoms with van der Waals surface area (Å²) in [6.07, 6.45) is 0.938. The van der Waals surface area contributed by atoms with Gasteiger partial charge in [0.1, 0.15) is 0 Å². The molecule has 0 aliphatic carbocycles. The highest BCUT2D eigenvalue weighted by atomic mass is 35.5. The zero-order valence-corrected chi connectivity index (χ0v) is 12.9. The third-order valence-corrected chi connectivity index (χ3v) is 5.93. The molecule has 2 rings (SSSR count). The van der Waals surface area contributed by atoms with Gasteiger partial charge in [0.25, 0.3) is 0 Å². The number of anilines is 1. The fraction of sp³-hybridized carbons (Fsp3) is 0.571. The molecule has 0 spiro atoms. The molecular formula is C14H20ClNO2S. The van der Waals surface area contributed by atoms with Gasteiger partial charge in [-0.3, -0.25) is 4.31 Å². The van der Waals surface area contributed by atoms with Gasteiger partial charge < -0.3 is 0 Å². The number of rotatable bonds is 4. The Balaban J connectivity index is 2.35. The van der Waals surface area contributed by atoms with Crippen molar-refractivity contribution in [2.24, 2.45) is 11.8 Å². The van der Waals surface area contributed by atoms with Gasteiger partial charge in [-0.1, -0.05) is 32.0 Å². The third-order valence-electron chi connectivity index (χ3n) is 3.40. The van der Waals surface area contributed by atoms with Gasteiger partial charge >= 0.3 is 0 Å². The highest BCUT2D eigenvalue weighted by Gasteiger charge is 2.31. The van der Waals surface area contributed by atoms with E-state index in [9.17, 15) is 8.42 Å². The van der Waals surface area contributed by atoms with E-state index in [4.69, 9.17) is 11.6 Å². The summed E-state index contributed by atoms with van der Waals surface area (Å²) >= 11 is 5.74. The van der Waals surface area contributed by atoms with Crippen molar-refractivity contribution >= 4 is 27.3 Å². The summed E-state index contributed by atoms with van der Waals surface area (Å²) in [6.45, 7) is 4.52. The molecule has 0 saturated heterocycles. The van der Waals surface area contributed by atoms with Gasteiger partial charge in [-0.15, -0.1) is 11.6 Å². The summed E-state index contributed by atoms with van der Waals surface area (Å²) < 4.78 is 26.6. The van der Waals surface area contributed by atoms with E-state index in [1.807, 2.05) is 31.2 Å². The molecule has 3 nitrogen and oxygen atoms in total. The van der Waals surface area contributed by atoms with Crippen LogP contribution in [0.1, 0.15) is 19.4 Å². The lowest BCUT2D eigenvalue weighted by Crippen LogP contribution is -2.41. The number of benzene rings is 1. The minimum absolute atomic E-state index is 0.0314. The topological polar surface area (TPSA) is 37.4 Å². The molecule has 0 radical (unpaired) electrons. The smallest absolute Gasteiger partial charge is 0.235 e. The van der Waals surface area contributed by atoms with Crippen LogP contribution in [-0.2, 0) is 16.4 Å². The Morgan fingerprint density at radius 2 is 2.11 bits per heavy atom. The maximum Gasteiger partial charge on any atom is 0.235 e. The standard InChI is InChI=1S/C14H20ClNO2S/c1-11-7-13-5-3-4-6-14(13)16(9-11)19(17,18)10-12(2)8-15/h3-6,11-12H,7-10H2,1-2H3. The van der Waals surface area contributed by atoms with Crippen molar-refractivity contribution in [3.05, 3.63) is 29.8 Å². The van der Waals surface area contributed by atoms with Crippen LogP contribution in [0.4, 0.5) is 5.69 Å². The van der Waals surface area contributed by atoms with Crippen LogP contribution < -0.4 is 4.31 Å². The summed E-state index contributed by atoms with van der Waals surface area (Å²) in [5.41, 5.74) is 1.95. The van der Waals surface area contributed by atoms with Crippen LogP contribution in [0.15, 0.2) is 24.3 Å². The lowest BCUT2D eigenvalue weighted by molar-refractivity contribution is 0.539. The Bertz CT molecular complexity index is 544. The first-order valence-corrected chi connectivity index (χ1v) is 8.72. The van der Waals surface area contributed by atoms with Crippen LogP contribution in [-0.4, -0.2) is 26.6 Å². The van der Waals surface area contributed by atoms with Crippen molar-refractivity contribution in [3.63, 3.8) is 0 Å². The maximum atomic E-state index is 12.5. The van der Waals surface area contributed by atoms with Crippen molar-refractivity contribution in [2.75, 3.05) is 22.5 Å². The van der Waals surface area contributed by atoms with E-state index in [0.29, 0.717) is 18.3 Å². The van der Waals surface area contributed by atoms with Gasteiger partial charge in [0.05, 0.1) is 11.4 Å². The van der Waals surface area contributed by atoms with Crippen LogP contribution in [0, 0.1) is 11.8 Å². The quantitative estimate of drug-likeness (QED) is 0.802. The highest BCUT2D eigenvalue weighted by molar-refractivity contribution is 7.92. The number of hydrogen-bond acceptors (Lipinski definition) is 2. The van der Waals surface area contributed by atoms with Gasteiger partial charge in [-0.05, 0) is 29.9 Å². The lowest BCUT2D eigenvalue weighted by atomic mass is 9.96. The Kier molecular flexibility index (Phi) is 4.41.